The third kappa shape index (κ3) is 4.30. The van der Waals surface area contributed by atoms with Crippen LogP contribution in [0.2, 0.25) is 0 Å². The summed E-state index contributed by atoms with van der Waals surface area (Å²) in [5.41, 5.74) is 0.123. The summed E-state index contributed by atoms with van der Waals surface area (Å²) in [6.45, 7) is 4.93. The highest BCUT2D eigenvalue weighted by Crippen LogP contribution is 2.44. The Balaban J connectivity index is 1.91. The van der Waals surface area contributed by atoms with E-state index in [1.165, 1.54) is 23.5 Å². The average molecular weight is 509 g/mol. The van der Waals surface area contributed by atoms with Crippen LogP contribution in [0.3, 0.4) is 0 Å². The molecule has 0 bridgehead atoms. The number of carboxylic acid groups (broad SMARTS) is 1. The zero-order valence-electron chi connectivity index (χ0n) is 16.9. The second kappa shape index (κ2) is 9.15. The van der Waals surface area contributed by atoms with Crippen LogP contribution in [0, 0.1) is 5.82 Å². The molecule has 1 fully saturated rings. The SMILES string of the molecule is CCC1(c2ccc(F)cc2Br)N=C(c2nccs2)NC(CN2CCOCC2)=C1C(=O)O. The molecule has 4 rings (SSSR count). The molecule has 1 aromatic carbocycles. The van der Waals surface area contributed by atoms with E-state index < -0.39 is 17.3 Å². The first-order valence-electron chi connectivity index (χ1n) is 9.94. The number of hydrogen-bond donors (Lipinski definition) is 2. The van der Waals surface area contributed by atoms with Gasteiger partial charge in [-0.25, -0.2) is 19.2 Å². The molecule has 1 saturated heterocycles. The molecule has 164 valence electrons. The molecule has 0 saturated carbocycles. The van der Waals surface area contributed by atoms with Crippen LogP contribution in [0.1, 0.15) is 23.9 Å². The maximum Gasteiger partial charge on any atom is 0.336 e. The molecule has 0 amide bonds. The second-order valence-electron chi connectivity index (χ2n) is 7.31. The Morgan fingerprint density at radius 2 is 2.19 bits per heavy atom. The van der Waals surface area contributed by atoms with Crippen molar-refractivity contribution in [2.75, 3.05) is 32.8 Å². The summed E-state index contributed by atoms with van der Waals surface area (Å²) in [7, 11) is 0. The molecule has 0 spiro atoms. The van der Waals surface area contributed by atoms with Crippen molar-refractivity contribution in [1.29, 1.82) is 0 Å². The summed E-state index contributed by atoms with van der Waals surface area (Å²) in [6.07, 6.45) is 2.06. The lowest BCUT2D eigenvalue weighted by molar-refractivity contribution is -0.133. The number of rotatable bonds is 6. The molecule has 1 unspecified atom stereocenters. The molecule has 2 N–H and O–H groups in total. The highest BCUT2D eigenvalue weighted by Gasteiger charge is 2.45. The smallest absolute Gasteiger partial charge is 0.336 e. The number of aliphatic imine (C=N–C) groups is 1. The molecule has 2 aliphatic heterocycles. The molecular weight excluding hydrogens is 487 g/mol. The predicted octanol–water partition coefficient (Wildman–Crippen LogP) is 3.37. The van der Waals surface area contributed by atoms with Gasteiger partial charge in [0.1, 0.15) is 11.4 Å². The van der Waals surface area contributed by atoms with Gasteiger partial charge in [-0.3, -0.25) is 4.90 Å². The molecule has 1 atom stereocenters. The van der Waals surface area contributed by atoms with Crippen LogP contribution in [0.4, 0.5) is 4.39 Å². The highest BCUT2D eigenvalue weighted by atomic mass is 79.9. The van der Waals surface area contributed by atoms with Crippen molar-refractivity contribution in [3.8, 4) is 0 Å². The van der Waals surface area contributed by atoms with E-state index in [0.717, 1.165) is 0 Å². The molecule has 0 radical (unpaired) electrons. The molecule has 31 heavy (non-hydrogen) atoms. The summed E-state index contributed by atoms with van der Waals surface area (Å²) < 4.78 is 19.8. The van der Waals surface area contributed by atoms with Gasteiger partial charge >= 0.3 is 5.97 Å². The maximum atomic E-state index is 13.9. The Morgan fingerprint density at radius 1 is 1.42 bits per heavy atom. The lowest BCUT2D eigenvalue weighted by Gasteiger charge is -2.38. The van der Waals surface area contributed by atoms with Crippen molar-refractivity contribution in [1.82, 2.24) is 15.2 Å². The molecule has 2 aromatic rings. The first-order chi connectivity index (χ1) is 14.9. The standard InChI is InChI=1S/C21H22BrFN4O3S/c1-2-21(14-4-3-13(23)11-15(14)22)17(20(28)29)16(12-27-6-8-30-9-7-27)25-18(26-21)19-24-5-10-31-19/h3-5,10-11H,2,6-9,12H2,1H3,(H,25,26)(H,28,29). The minimum Gasteiger partial charge on any atom is -0.478 e. The van der Waals surface area contributed by atoms with Gasteiger partial charge in [0.15, 0.2) is 10.8 Å². The topological polar surface area (TPSA) is 87.0 Å². The number of carbonyl (C=O) groups is 1. The maximum absolute atomic E-state index is 13.9. The van der Waals surface area contributed by atoms with Crippen LogP contribution in [0.25, 0.3) is 0 Å². The van der Waals surface area contributed by atoms with Crippen LogP contribution >= 0.6 is 27.3 Å². The van der Waals surface area contributed by atoms with Gasteiger partial charge in [-0.05, 0) is 24.1 Å². The normalized spacial score (nSPS) is 22.2. The predicted molar refractivity (Wildman–Crippen MR) is 120 cm³/mol. The van der Waals surface area contributed by atoms with Gasteiger partial charge in [0, 0.05) is 41.4 Å². The number of carboxylic acids is 1. The number of nitrogens with one attached hydrogen (secondary N) is 1. The van der Waals surface area contributed by atoms with Crippen molar-refractivity contribution in [2.24, 2.45) is 4.99 Å². The summed E-state index contributed by atoms with van der Waals surface area (Å²) in [4.78, 5) is 24.0. The van der Waals surface area contributed by atoms with Gasteiger partial charge in [0.2, 0.25) is 0 Å². The Morgan fingerprint density at radius 3 is 2.81 bits per heavy atom. The fourth-order valence-electron chi connectivity index (χ4n) is 4.04. The van der Waals surface area contributed by atoms with Crippen LogP contribution in [0.5, 0.6) is 0 Å². The number of ether oxygens (including phenoxy) is 1. The Labute approximate surface area is 191 Å². The minimum atomic E-state index is -1.20. The number of aliphatic carboxylic acids is 1. The van der Waals surface area contributed by atoms with Gasteiger partial charge in [-0.1, -0.05) is 28.9 Å². The number of benzene rings is 1. The number of amidine groups is 1. The molecule has 7 nitrogen and oxygen atoms in total. The largest absolute Gasteiger partial charge is 0.478 e. The summed E-state index contributed by atoms with van der Waals surface area (Å²) >= 11 is 4.86. The van der Waals surface area contributed by atoms with Crippen molar-refractivity contribution >= 4 is 39.1 Å². The lowest BCUT2D eigenvalue weighted by atomic mass is 9.78. The summed E-state index contributed by atoms with van der Waals surface area (Å²) in [6, 6.07) is 4.28. The molecule has 10 heteroatoms. The highest BCUT2D eigenvalue weighted by molar-refractivity contribution is 9.10. The zero-order chi connectivity index (χ0) is 22.0. The molecule has 2 aliphatic rings. The van der Waals surface area contributed by atoms with Gasteiger partial charge < -0.3 is 15.2 Å². The monoisotopic (exact) mass is 508 g/mol. The number of nitrogens with zero attached hydrogens (tertiary/aromatic N) is 3. The number of aromatic nitrogens is 1. The van der Waals surface area contributed by atoms with Gasteiger partial charge in [-0.2, -0.15) is 0 Å². The van der Waals surface area contributed by atoms with Crippen molar-refractivity contribution < 1.29 is 19.0 Å². The number of hydrogen-bond acceptors (Lipinski definition) is 7. The van der Waals surface area contributed by atoms with Crippen LogP contribution < -0.4 is 5.32 Å². The first kappa shape index (κ1) is 22.1. The number of halogens is 2. The molecular formula is C21H22BrFN4O3S. The van der Waals surface area contributed by atoms with Gasteiger partial charge in [0.25, 0.3) is 0 Å². The van der Waals surface area contributed by atoms with Crippen molar-refractivity contribution in [2.45, 2.75) is 18.9 Å². The Hall–Kier alpha value is -2.14. The van der Waals surface area contributed by atoms with E-state index in [1.54, 1.807) is 12.3 Å². The first-order valence-corrected chi connectivity index (χ1v) is 11.6. The number of morpholine rings is 1. The van der Waals surface area contributed by atoms with Gasteiger partial charge in [-0.15, -0.1) is 11.3 Å². The molecule has 1 aromatic heterocycles. The third-order valence-corrected chi connectivity index (χ3v) is 6.95. The van der Waals surface area contributed by atoms with Crippen LogP contribution in [-0.4, -0.2) is 59.6 Å². The van der Waals surface area contributed by atoms with Crippen LogP contribution in [-0.2, 0) is 15.1 Å². The second-order valence-corrected chi connectivity index (χ2v) is 9.06. The summed E-state index contributed by atoms with van der Waals surface area (Å²) in [5, 5.41) is 16.1. The number of thiazole rings is 1. The molecule has 3 heterocycles. The van der Waals surface area contributed by atoms with E-state index in [9.17, 15) is 14.3 Å². The van der Waals surface area contributed by atoms with E-state index in [-0.39, 0.29) is 5.57 Å². The lowest BCUT2D eigenvalue weighted by Crippen LogP contribution is -2.47. The van der Waals surface area contributed by atoms with E-state index in [0.29, 0.717) is 65.8 Å². The van der Waals surface area contributed by atoms with E-state index in [4.69, 9.17) is 9.73 Å². The molecule has 0 aliphatic carbocycles. The third-order valence-electron chi connectivity index (χ3n) is 5.51. The average Bonchev–Trinajstić information content (AvgIpc) is 3.28. The minimum absolute atomic E-state index is 0.161. The Bertz CT molecular complexity index is 1040. The summed E-state index contributed by atoms with van der Waals surface area (Å²) in [5.74, 6) is -0.952. The van der Waals surface area contributed by atoms with E-state index >= 15 is 0 Å². The van der Waals surface area contributed by atoms with Gasteiger partial charge in [0.05, 0.1) is 18.8 Å². The van der Waals surface area contributed by atoms with Crippen molar-refractivity contribution in [3.05, 3.63) is 61.9 Å². The van der Waals surface area contributed by atoms with E-state index in [1.807, 2.05) is 12.3 Å². The van der Waals surface area contributed by atoms with Crippen LogP contribution in [0.15, 0.2) is 50.5 Å². The van der Waals surface area contributed by atoms with Crippen molar-refractivity contribution in [3.63, 3.8) is 0 Å². The fourth-order valence-corrected chi connectivity index (χ4v) is 5.30. The zero-order valence-corrected chi connectivity index (χ0v) is 19.3. The quantitative estimate of drug-likeness (QED) is 0.621. The fraction of sp³-hybridized carbons (Fsp3) is 0.381. The Kier molecular flexibility index (Phi) is 6.52. The van der Waals surface area contributed by atoms with E-state index in [2.05, 4.69) is 31.1 Å².